The molecule has 0 spiro atoms. The number of halogens is 15. The van der Waals surface area contributed by atoms with Crippen LogP contribution in [0.2, 0.25) is 0 Å². The maximum atomic E-state index is 13.9. The molecule has 1 rings (SSSR count). The minimum atomic E-state index is -6.70. The fourth-order valence-corrected chi connectivity index (χ4v) is 3.85. The molecule has 0 radical (unpaired) electrons. The first-order valence-corrected chi connectivity index (χ1v) is 12.5. The molecule has 1 aromatic rings. The van der Waals surface area contributed by atoms with E-state index in [-0.39, 0.29) is 62.3 Å². The highest BCUT2D eigenvalue weighted by molar-refractivity contribution is 5.83. The first-order chi connectivity index (χ1) is 20.6. The molecule has 22 heteroatoms. The monoisotopic (exact) mass is 818 g/mol. The maximum absolute atomic E-state index is 13.9. The van der Waals surface area contributed by atoms with Crippen molar-refractivity contribution in [3.8, 4) is 0 Å². The minimum Gasteiger partial charge on any atom is -0.460 e. The summed E-state index contributed by atoms with van der Waals surface area (Å²) in [6, 6.07) is 1.56. The van der Waals surface area contributed by atoms with E-state index in [1.807, 2.05) is 0 Å². The molecule has 320 valence electrons. The second kappa shape index (κ2) is 20.1. The Labute approximate surface area is 299 Å². The molecule has 0 heterocycles. The number of hydrogen-bond donors (Lipinski definition) is 1. The van der Waals surface area contributed by atoms with Gasteiger partial charge in [0.05, 0.1) is 11.8 Å². The van der Waals surface area contributed by atoms with Gasteiger partial charge in [0.1, 0.15) is 5.60 Å². The summed E-state index contributed by atoms with van der Waals surface area (Å²) < 4.78 is 210. The van der Waals surface area contributed by atoms with Crippen molar-refractivity contribution in [2.24, 2.45) is 11.8 Å². The van der Waals surface area contributed by atoms with E-state index in [0.29, 0.717) is 12.1 Å². The summed E-state index contributed by atoms with van der Waals surface area (Å²) in [6.45, 7) is 3.11. The number of rotatable bonds is 12. The summed E-state index contributed by atoms with van der Waals surface area (Å²) in [5.74, 6) is -8.55. The first kappa shape index (κ1) is 62.0. The Morgan fingerprint density at radius 2 is 1.02 bits per heavy atom. The third-order valence-corrected chi connectivity index (χ3v) is 6.05. The molecule has 0 saturated heterocycles. The van der Waals surface area contributed by atoms with Gasteiger partial charge in [-0.15, -0.1) is 13.2 Å². The van der Waals surface area contributed by atoms with Crippen LogP contribution in [0, 0.1) is 11.8 Å². The van der Waals surface area contributed by atoms with Crippen molar-refractivity contribution < 1.29 is 99.5 Å². The molecule has 0 aliphatic carbocycles. The summed E-state index contributed by atoms with van der Waals surface area (Å²) in [7, 11) is 0. The SMILES string of the molecule is C.C.C.C.C.C.CC(C(=O)OCC(F)(F)OC(F)(F)C(F)(F)OC(F)(F)F)C(C(=O)OC(C)(C)C)C(C)c1ccc(C(O)(C(F)(F)F)C(F)(F)F)cc1. The lowest BCUT2D eigenvalue weighted by molar-refractivity contribution is -0.530. The fraction of sp³-hybridized carbons (Fsp3) is 0.742. The zero-order valence-electron chi connectivity index (χ0n) is 24.3. The van der Waals surface area contributed by atoms with Crippen LogP contribution in [0.3, 0.4) is 0 Å². The highest BCUT2D eigenvalue weighted by Crippen LogP contribution is 2.50. The number of carbonyl (C=O) groups is 2. The molecule has 0 fully saturated rings. The third-order valence-electron chi connectivity index (χ3n) is 6.05. The Morgan fingerprint density at radius 1 is 0.642 bits per heavy atom. The molecule has 0 amide bonds. The average molecular weight is 819 g/mol. The molecule has 0 bridgehead atoms. The predicted molar refractivity (Wildman–Crippen MR) is 164 cm³/mol. The lowest BCUT2D eigenvalue weighted by atomic mass is 9.78. The molecule has 53 heavy (non-hydrogen) atoms. The Hall–Kier alpha value is -3.01. The van der Waals surface area contributed by atoms with Crippen LogP contribution in [0.15, 0.2) is 24.3 Å². The van der Waals surface area contributed by atoms with Gasteiger partial charge in [-0.3, -0.25) is 9.59 Å². The molecule has 1 aromatic carbocycles. The topological polar surface area (TPSA) is 91.3 Å². The van der Waals surface area contributed by atoms with Gasteiger partial charge in [-0.1, -0.05) is 82.7 Å². The van der Waals surface area contributed by atoms with Gasteiger partial charge in [0.25, 0.3) is 5.60 Å². The van der Waals surface area contributed by atoms with Gasteiger partial charge in [-0.05, 0) is 32.3 Å². The van der Waals surface area contributed by atoms with Gasteiger partial charge in [-0.25, -0.2) is 9.47 Å². The van der Waals surface area contributed by atoms with Crippen molar-refractivity contribution in [2.75, 3.05) is 6.61 Å². The van der Waals surface area contributed by atoms with Gasteiger partial charge < -0.3 is 14.6 Å². The molecule has 3 atom stereocenters. The van der Waals surface area contributed by atoms with E-state index in [1.54, 1.807) is 4.74 Å². The fourth-order valence-electron chi connectivity index (χ4n) is 3.85. The zero-order chi connectivity index (χ0) is 37.4. The van der Waals surface area contributed by atoms with Crippen LogP contribution in [0.4, 0.5) is 65.9 Å². The van der Waals surface area contributed by atoms with E-state index in [4.69, 9.17) is 4.74 Å². The van der Waals surface area contributed by atoms with Gasteiger partial charge in [0.2, 0.25) is 0 Å². The van der Waals surface area contributed by atoms with E-state index in [0.717, 1.165) is 13.8 Å². The average Bonchev–Trinajstić information content (AvgIpc) is 2.82. The van der Waals surface area contributed by atoms with Crippen molar-refractivity contribution in [1.29, 1.82) is 0 Å². The van der Waals surface area contributed by atoms with Crippen molar-refractivity contribution in [2.45, 2.75) is 133 Å². The van der Waals surface area contributed by atoms with Gasteiger partial charge >= 0.3 is 49.0 Å². The number of esters is 2. The smallest absolute Gasteiger partial charge is 0.460 e. The van der Waals surface area contributed by atoms with Gasteiger partial charge in [-0.2, -0.15) is 52.7 Å². The molecular formula is C31H49F15O7. The number of alkyl halides is 15. The number of benzene rings is 1. The number of ether oxygens (including phenoxy) is 4. The Morgan fingerprint density at radius 3 is 1.36 bits per heavy atom. The maximum Gasteiger partial charge on any atom is 0.527 e. The Bertz CT molecular complexity index is 1220. The van der Waals surface area contributed by atoms with E-state index in [9.17, 15) is 80.6 Å². The summed E-state index contributed by atoms with van der Waals surface area (Å²) in [5, 5.41) is 9.56. The van der Waals surface area contributed by atoms with Crippen LogP contribution >= 0.6 is 0 Å². The van der Waals surface area contributed by atoms with E-state index in [1.165, 1.54) is 20.8 Å². The second-order valence-electron chi connectivity index (χ2n) is 10.9. The quantitative estimate of drug-likeness (QED) is 0.166. The molecule has 0 saturated carbocycles. The van der Waals surface area contributed by atoms with Crippen LogP contribution in [0.25, 0.3) is 0 Å². The van der Waals surface area contributed by atoms with Crippen LogP contribution in [0.5, 0.6) is 0 Å². The minimum absolute atomic E-state index is 0. The second-order valence-corrected chi connectivity index (χ2v) is 10.9. The van der Waals surface area contributed by atoms with Crippen LogP contribution in [-0.4, -0.2) is 66.3 Å². The molecule has 0 aliphatic rings. The normalized spacial score (nSPS) is 14.5. The Kier molecular flexibility index (Phi) is 23.5. The summed E-state index contributed by atoms with van der Waals surface area (Å²) in [5.41, 5.74) is -8.68. The van der Waals surface area contributed by atoms with Gasteiger partial charge in [0, 0.05) is 5.56 Å². The highest BCUT2D eigenvalue weighted by Gasteiger charge is 2.71. The number of hydrogen-bond acceptors (Lipinski definition) is 7. The van der Waals surface area contributed by atoms with E-state index in [2.05, 4.69) is 9.47 Å². The predicted octanol–water partition coefficient (Wildman–Crippen LogP) is 11.4. The molecule has 3 unspecified atom stereocenters. The standard InChI is InChI=1S/C25H25F15O7.6CH4/c1-11(13-6-8-14(9-7-13)20(43,21(28,29)30)22(31,32)33)15(17(42)45-18(3,4)5)12(2)16(41)44-10-19(26,27)46-23(34,35)24(36,37)47-25(38,39)40;;;;;;/h6-9,11-12,15,43H,10H2,1-5H3;6*1H4. The lowest BCUT2D eigenvalue weighted by Crippen LogP contribution is -2.53. The molecule has 0 aliphatic heterocycles. The summed E-state index contributed by atoms with van der Waals surface area (Å²) in [6.07, 6.45) is -37.9. The zero-order valence-corrected chi connectivity index (χ0v) is 24.3. The largest absolute Gasteiger partial charge is 0.527 e. The number of aliphatic hydroxyl groups is 1. The highest BCUT2D eigenvalue weighted by atomic mass is 19.4. The van der Waals surface area contributed by atoms with Crippen molar-refractivity contribution in [1.82, 2.24) is 0 Å². The summed E-state index contributed by atoms with van der Waals surface area (Å²) >= 11 is 0. The molecular weight excluding hydrogens is 769 g/mol. The van der Waals surface area contributed by atoms with Crippen LogP contribution in [-0.2, 0) is 34.1 Å². The molecule has 1 N–H and O–H groups in total. The van der Waals surface area contributed by atoms with Gasteiger partial charge in [0.15, 0.2) is 6.61 Å². The first-order valence-electron chi connectivity index (χ1n) is 12.5. The van der Waals surface area contributed by atoms with Crippen molar-refractivity contribution in [3.05, 3.63) is 35.4 Å². The molecule has 0 aromatic heterocycles. The van der Waals surface area contributed by atoms with Crippen molar-refractivity contribution in [3.63, 3.8) is 0 Å². The van der Waals surface area contributed by atoms with Crippen molar-refractivity contribution >= 4 is 11.9 Å². The Balaban J connectivity index is -0.000000920. The van der Waals surface area contributed by atoms with Crippen LogP contribution < -0.4 is 0 Å². The lowest BCUT2D eigenvalue weighted by Gasteiger charge is -2.33. The molecule has 7 nitrogen and oxygen atoms in total. The summed E-state index contributed by atoms with van der Waals surface area (Å²) in [4.78, 5) is 25.6. The van der Waals surface area contributed by atoms with Crippen LogP contribution in [0.1, 0.15) is 96.2 Å². The third kappa shape index (κ3) is 15.7. The van der Waals surface area contributed by atoms with E-state index >= 15 is 0 Å². The van der Waals surface area contributed by atoms with E-state index < -0.39 is 90.1 Å². The number of carbonyl (C=O) groups excluding carboxylic acids is 2.